The third-order valence-corrected chi connectivity index (χ3v) is 7.77. The molecule has 0 spiro atoms. The van der Waals surface area contributed by atoms with Crippen LogP contribution in [-0.2, 0) is 16.4 Å². The summed E-state index contributed by atoms with van der Waals surface area (Å²) in [6, 6.07) is 15.0. The van der Waals surface area contributed by atoms with Crippen molar-refractivity contribution in [2.75, 3.05) is 28.5 Å². The van der Waals surface area contributed by atoms with Crippen LogP contribution in [0.2, 0.25) is 0 Å². The van der Waals surface area contributed by atoms with Crippen LogP contribution < -0.4 is 15.2 Å². The van der Waals surface area contributed by atoms with E-state index in [0.29, 0.717) is 46.3 Å². The quantitative estimate of drug-likeness (QED) is 0.401. The van der Waals surface area contributed by atoms with E-state index in [1.54, 1.807) is 26.0 Å². The number of nitrogens with zero attached hydrogens (tertiary/aromatic N) is 5. The SMILES string of the molecule is CCCc1nc2n(c(=O)c1-c1ccccc1)N=C(C)C2=Nc1ccc(N(CC)CC)cc1NS(=O)(=O)CC. The van der Waals surface area contributed by atoms with Crippen molar-refractivity contribution in [3.05, 3.63) is 70.4 Å². The lowest BCUT2D eigenvalue weighted by Gasteiger charge is -2.22. The van der Waals surface area contributed by atoms with Gasteiger partial charge in [0.15, 0.2) is 5.82 Å². The monoisotopic (exact) mass is 534 g/mol. The van der Waals surface area contributed by atoms with Crippen LogP contribution in [0.25, 0.3) is 11.1 Å². The predicted molar refractivity (Wildman–Crippen MR) is 156 cm³/mol. The van der Waals surface area contributed by atoms with Gasteiger partial charge in [-0.25, -0.2) is 18.4 Å². The second kappa shape index (κ2) is 11.3. The summed E-state index contributed by atoms with van der Waals surface area (Å²) in [6.07, 6.45) is 1.44. The first-order valence-electron chi connectivity index (χ1n) is 13.0. The summed E-state index contributed by atoms with van der Waals surface area (Å²) in [7, 11) is -3.55. The van der Waals surface area contributed by atoms with E-state index < -0.39 is 10.0 Å². The highest BCUT2D eigenvalue weighted by Crippen LogP contribution is 2.32. The minimum atomic E-state index is -3.55. The first kappa shape index (κ1) is 27.3. The van der Waals surface area contributed by atoms with E-state index in [9.17, 15) is 13.2 Å². The normalized spacial score (nSPS) is 13.9. The van der Waals surface area contributed by atoms with Gasteiger partial charge in [-0.05, 0) is 57.9 Å². The summed E-state index contributed by atoms with van der Waals surface area (Å²) in [5.74, 6) is 0.286. The van der Waals surface area contributed by atoms with Gasteiger partial charge in [-0.3, -0.25) is 9.52 Å². The Balaban J connectivity index is 1.90. The maximum absolute atomic E-state index is 13.6. The van der Waals surface area contributed by atoms with Crippen molar-refractivity contribution in [2.45, 2.75) is 47.5 Å². The van der Waals surface area contributed by atoms with Crippen molar-refractivity contribution in [1.29, 1.82) is 0 Å². The van der Waals surface area contributed by atoms with E-state index >= 15 is 0 Å². The Bertz CT molecular complexity index is 1560. The minimum Gasteiger partial charge on any atom is -0.372 e. The molecule has 3 aromatic rings. The third-order valence-electron chi connectivity index (χ3n) is 6.48. The Hall–Kier alpha value is -3.79. The highest BCUT2D eigenvalue weighted by Gasteiger charge is 2.27. The van der Waals surface area contributed by atoms with Crippen molar-refractivity contribution in [3.8, 4) is 11.1 Å². The van der Waals surface area contributed by atoms with Gasteiger partial charge < -0.3 is 4.90 Å². The molecule has 0 radical (unpaired) electrons. The summed E-state index contributed by atoms with van der Waals surface area (Å²) in [4.78, 5) is 25.5. The standard InChI is InChI=1S/C28H34N6O3S/c1-6-13-23-25(20-14-11-10-12-15-20)28(35)34-27(30-23)26(19(5)31-34)29-22-17-16-21(33(7-2)8-3)18-24(22)32-38(36,37)9-4/h10-12,14-18,32H,6-9,13H2,1-5H3. The zero-order valence-corrected chi connectivity index (χ0v) is 23.3. The number of sulfonamides is 1. The van der Waals surface area contributed by atoms with Gasteiger partial charge in [0.2, 0.25) is 10.0 Å². The number of nitrogens with one attached hydrogen (secondary N) is 1. The Kier molecular flexibility index (Phi) is 8.11. The first-order valence-corrected chi connectivity index (χ1v) is 14.6. The smallest absolute Gasteiger partial charge is 0.282 e. The van der Waals surface area contributed by atoms with E-state index in [2.05, 4.69) is 14.7 Å². The fraction of sp³-hybridized carbons (Fsp3) is 0.357. The molecule has 0 aliphatic carbocycles. The molecule has 1 aliphatic heterocycles. The molecule has 0 saturated carbocycles. The fourth-order valence-corrected chi connectivity index (χ4v) is 5.10. The zero-order valence-electron chi connectivity index (χ0n) is 22.5. The topological polar surface area (TPSA) is 109 Å². The number of fused-ring (bicyclic) bond motifs is 1. The van der Waals surface area contributed by atoms with Crippen molar-refractivity contribution in [3.63, 3.8) is 0 Å². The van der Waals surface area contributed by atoms with E-state index in [-0.39, 0.29) is 11.3 Å². The number of rotatable bonds is 10. The van der Waals surface area contributed by atoms with Gasteiger partial charge in [-0.15, -0.1) is 0 Å². The molecule has 38 heavy (non-hydrogen) atoms. The summed E-state index contributed by atoms with van der Waals surface area (Å²) in [6.45, 7) is 11.0. The van der Waals surface area contributed by atoms with Gasteiger partial charge in [-0.2, -0.15) is 9.78 Å². The average molecular weight is 535 g/mol. The number of aryl methyl sites for hydroxylation is 1. The zero-order chi connectivity index (χ0) is 27.4. The lowest BCUT2D eigenvalue weighted by molar-refractivity contribution is 0.602. The fourth-order valence-electron chi connectivity index (χ4n) is 4.45. The summed E-state index contributed by atoms with van der Waals surface area (Å²) >= 11 is 0. The van der Waals surface area contributed by atoms with Crippen LogP contribution in [0.5, 0.6) is 0 Å². The lowest BCUT2D eigenvalue weighted by Crippen LogP contribution is -2.25. The number of aliphatic imine (C=N–C) groups is 1. The largest absolute Gasteiger partial charge is 0.372 e. The van der Waals surface area contributed by atoms with Crippen molar-refractivity contribution in [1.82, 2.24) is 9.66 Å². The van der Waals surface area contributed by atoms with Crippen LogP contribution >= 0.6 is 0 Å². The molecule has 0 unspecified atom stereocenters. The molecule has 2 heterocycles. The van der Waals surface area contributed by atoms with Crippen LogP contribution in [0.3, 0.4) is 0 Å². The molecule has 1 aliphatic rings. The summed E-state index contributed by atoms with van der Waals surface area (Å²) < 4.78 is 29.0. The first-order chi connectivity index (χ1) is 18.2. The summed E-state index contributed by atoms with van der Waals surface area (Å²) in [5, 5.41) is 4.49. The molecular weight excluding hydrogens is 500 g/mol. The Morgan fingerprint density at radius 1 is 1.03 bits per heavy atom. The molecule has 0 atom stereocenters. The number of hydrogen-bond acceptors (Lipinski definition) is 7. The Labute approximate surface area is 224 Å². The molecule has 1 aromatic heterocycles. The average Bonchev–Trinajstić information content (AvgIpc) is 3.22. The van der Waals surface area contributed by atoms with Gasteiger partial charge in [0.05, 0.1) is 34.1 Å². The molecule has 200 valence electrons. The Morgan fingerprint density at radius 3 is 2.37 bits per heavy atom. The number of anilines is 2. The molecular formula is C28H34N6O3S. The van der Waals surface area contributed by atoms with Gasteiger partial charge >= 0.3 is 0 Å². The van der Waals surface area contributed by atoms with E-state index in [4.69, 9.17) is 9.98 Å². The molecule has 10 heteroatoms. The molecule has 0 amide bonds. The molecule has 0 saturated heterocycles. The molecule has 1 N–H and O–H groups in total. The van der Waals surface area contributed by atoms with Crippen molar-refractivity contribution < 1.29 is 8.42 Å². The van der Waals surface area contributed by atoms with Gasteiger partial charge in [0.25, 0.3) is 5.56 Å². The second-order valence-corrected chi connectivity index (χ2v) is 11.0. The van der Waals surface area contributed by atoms with Crippen molar-refractivity contribution >= 4 is 38.5 Å². The van der Waals surface area contributed by atoms with Crippen LogP contribution in [0.1, 0.15) is 52.6 Å². The van der Waals surface area contributed by atoms with Crippen LogP contribution in [0.4, 0.5) is 17.1 Å². The lowest BCUT2D eigenvalue weighted by atomic mass is 10.0. The maximum Gasteiger partial charge on any atom is 0.282 e. The van der Waals surface area contributed by atoms with Gasteiger partial charge in [0.1, 0.15) is 5.71 Å². The van der Waals surface area contributed by atoms with E-state index in [1.165, 1.54) is 4.68 Å². The second-order valence-electron chi connectivity index (χ2n) is 9.02. The van der Waals surface area contributed by atoms with E-state index in [1.807, 2.05) is 57.2 Å². The third kappa shape index (κ3) is 5.40. The van der Waals surface area contributed by atoms with E-state index in [0.717, 1.165) is 30.8 Å². The predicted octanol–water partition coefficient (Wildman–Crippen LogP) is 4.83. The number of hydrogen-bond donors (Lipinski definition) is 1. The van der Waals surface area contributed by atoms with Crippen LogP contribution in [0.15, 0.2) is 63.4 Å². The maximum atomic E-state index is 13.6. The van der Waals surface area contributed by atoms with Gasteiger partial charge in [-0.1, -0.05) is 43.7 Å². The highest BCUT2D eigenvalue weighted by atomic mass is 32.2. The summed E-state index contributed by atoms with van der Waals surface area (Å²) in [5.41, 5.74) is 4.41. The molecule has 2 aromatic carbocycles. The van der Waals surface area contributed by atoms with Gasteiger partial charge in [0, 0.05) is 18.8 Å². The van der Waals surface area contributed by atoms with Crippen LogP contribution in [0, 0.1) is 0 Å². The number of benzene rings is 2. The molecule has 4 rings (SSSR count). The molecule has 0 fully saturated rings. The highest BCUT2D eigenvalue weighted by molar-refractivity contribution is 7.92. The molecule has 9 nitrogen and oxygen atoms in total. The molecule has 0 bridgehead atoms. The van der Waals surface area contributed by atoms with Crippen molar-refractivity contribution in [2.24, 2.45) is 10.1 Å². The Morgan fingerprint density at radius 2 is 1.74 bits per heavy atom. The number of aromatic nitrogens is 2. The van der Waals surface area contributed by atoms with Crippen LogP contribution in [-0.4, -0.2) is 48.3 Å². The minimum absolute atomic E-state index is 0.0680.